The highest BCUT2D eigenvalue weighted by atomic mass is 15.2. The lowest BCUT2D eigenvalue weighted by Gasteiger charge is -2.27. The smallest absolute Gasteiger partial charge is 0.0192 e. The van der Waals surface area contributed by atoms with Gasteiger partial charge in [-0.2, -0.15) is 0 Å². The summed E-state index contributed by atoms with van der Waals surface area (Å²) in [6.07, 6.45) is 3.85. The summed E-state index contributed by atoms with van der Waals surface area (Å²) in [7, 11) is 0. The molecule has 0 rings (SSSR count). The van der Waals surface area contributed by atoms with Crippen molar-refractivity contribution in [1.29, 1.82) is 0 Å². The molecule has 0 amide bonds. The fraction of sp³-hybridized carbons (Fsp3) is 1.00. The number of nitrogens with zero attached hydrogens (tertiary/aromatic N) is 1. The Hall–Kier alpha value is -0.0800. The molecule has 0 aliphatic rings. The van der Waals surface area contributed by atoms with E-state index in [0.29, 0.717) is 6.04 Å². The Morgan fingerprint density at radius 2 is 1.86 bits per heavy atom. The normalized spacial score (nSPS) is 13.5. The van der Waals surface area contributed by atoms with Gasteiger partial charge in [-0.25, -0.2) is 0 Å². The van der Waals surface area contributed by atoms with Crippen LogP contribution in [0.1, 0.15) is 47.0 Å². The second-order valence-electron chi connectivity index (χ2n) is 4.04. The molecule has 0 aliphatic heterocycles. The molecule has 0 aliphatic carbocycles. The van der Waals surface area contributed by atoms with Gasteiger partial charge in [-0.1, -0.05) is 27.2 Å². The van der Waals surface area contributed by atoms with E-state index < -0.39 is 0 Å². The van der Waals surface area contributed by atoms with Crippen molar-refractivity contribution in [2.45, 2.75) is 53.0 Å². The number of rotatable bonds is 9. The lowest BCUT2D eigenvalue weighted by atomic mass is 10.2. The molecule has 2 heteroatoms. The van der Waals surface area contributed by atoms with Crippen LogP contribution in [0.4, 0.5) is 0 Å². The highest BCUT2D eigenvalue weighted by molar-refractivity contribution is 4.68. The lowest BCUT2D eigenvalue weighted by molar-refractivity contribution is 0.212. The second kappa shape index (κ2) is 9.47. The van der Waals surface area contributed by atoms with Crippen molar-refractivity contribution in [2.24, 2.45) is 0 Å². The van der Waals surface area contributed by atoms with Gasteiger partial charge >= 0.3 is 0 Å². The van der Waals surface area contributed by atoms with Crippen LogP contribution in [0.5, 0.6) is 0 Å². The number of hydrogen-bond donors (Lipinski definition) is 1. The van der Waals surface area contributed by atoms with Gasteiger partial charge in [0.05, 0.1) is 0 Å². The summed E-state index contributed by atoms with van der Waals surface area (Å²) in [5.74, 6) is 0. The summed E-state index contributed by atoms with van der Waals surface area (Å²) in [6, 6.07) is 0.679. The van der Waals surface area contributed by atoms with Gasteiger partial charge in [0.2, 0.25) is 0 Å². The molecule has 2 nitrogen and oxygen atoms in total. The molecule has 0 bridgehead atoms. The molecule has 0 saturated carbocycles. The third kappa shape index (κ3) is 6.39. The van der Waals surface area contributed by atoms with Gasteiger partial charge in [0.1, 0.15) is 0 Å². The fourth-order valence-corrected chi connectivity index (χ4v) is 1.67. The monoisotopic (exact) mass is 200 g/mol. The number of unbranched alkanes of at least 4 members (excludes halogenated alkanes) is 1. The molecule has 0 radical (unpaired) electrons. The molecular formula is C12H28N2. The Balaban J connectivity index is 3.61. The van der Waals surface area contributed by atoms with Crippen LogP contribution in [0.25, 0.3) is 0 Å². The predicted octanol–water partition coefficient (Wildman–Crippen LogP) is 2.50. The molecular weight excluding hydrogens is 172 g/mol. The van der Waals surface area contributed by atoms with Gasteiger partial charge in [0.25, 0.3) is 0 Å². The number of likely N-dealkylation sites (N-methyl/N-ethyl adjacent to an activating group) is 1. The minimum absolute atomic E-state index is 0.679. The second-order valence-corrected chi connectivity index (χ2v) is 4.04. The van der Waals surface area contributed by atoms with Crippen molar-refractivity contribution in [3.63, 3.8) is 0 Å². The lowest BCUT2D eigenvalue weighted by Crippen LogP contribution is -2.41. The Morgan fingerprint density at radius 1 is 1.14 bits per heavy atom. The maximum Gasteiger partial charge on any atom is 0.0192 e. The Labute approximate surface area is 90.1 Å². The quantitative estimate of drug-likeness (QED) is 0.575. The van der Waals surface area contributed by atoms with Gasteiger partial charge in [-0.05, 0) is 39.4 Å². The van der Waals surface area contributed by atoms with Crippen molar-refractivity contribution in [1.82, 2.24) is 10.2 Å². The molecule has 0 spiro atoms. The summed E-state index contributed by atoms with van der Waals surface area (Å²) in [6.45, 7) is 13.8. The first-order valence-electron chi connectivity index (χ1n) is 6.20. The molecule has 1 atom stereocenters. The molecule has 0 aromatic carbocycles. The predicted molar refractivity (Wildman–Crippen MR) is 64.8 cm³/mol. The van der Waals surface area contributed by atoms with Gasteiger partial charge in [0.15, 0.2) is 0 Å². The Bertz CT molecular complexity index is 115. The highest BCUT2D eigenvalue weighted by Gasteiger charge is 2.09. The van der Waals surface area contributed by atoms with Crippen molar-refractivity contribution in [3.8, 4) is 0 Å². The van der Waals surface area contributed by atoms with Crippen LogP contribution in [0.3, 0.4) is 0 Å². The topological polar surface area (TPSA) is 15.3 Å². The van der Waals surface area contributed by atoms with Gasteiger partial charge in [0, 0.05) is 12.6 Å². The first-order chi connectivity index (χ1) is 6.76. The van der Waals surface area contributed by atoms with Crippen molar-refractivity contribution in [2.75, 3.05) is 26.2 Å². The summed E-state index contributed by atoms with van der Waals surface area (Å²) in [5.41, 5.74) is 0. The average molecular weight is 200 g/mol. The number of hydrogen-bond acceptors (Lipinski definition) is 2. The van der Waals surface area contributed by atoms with Crippen molar-refractivity contribution < 1.29 is 0 Å². The van der Waals surface area contributed by atoms with E-state index in [0.717, 1.165) is 13.1 Å². The van der Waals surface area contributed by atoms with E-state index in [-0.39, 0.29) is 0 Å². The Kier molecular flexibility index (Phi) is 9.42. The first-order valence-corrected chi connectivity index (χ1v) is 6.20. The molecule has 1 unspecified atom stereocenters. The summed E-state index contributed by atoms with van der Waals surface area (Å²) >= 11 is 0. The van der Waals surface area contributed by atoms with Crippen molar-refractivity contribution >= 4 is 0 Å². The van der Waals surface area contributed by atoms with Crippen LogP contribution < -0.4 is 5.32 Å². The van der Waals surface area contributed by atoms with Gasteiger partial charge in [-0.15, -0.1) is 0 Å². The standard InChI is InChI=1S/C12H28N2/c1-5-8-10-14(7-3)12(4)11-13-9-6-2/h12-13H,5-11H2,1-4H3. The summed E-state index contributed by atoms with van der Waals surface area (Å²) in [4.78, 5) is 2.56. The van der Waals surface area contributed by atoms with E-state index in [1.165, 1.54) is 32.4 Å². The van der Waals surface area contributed by atoms with E-state index in [4.69, 9.17) is 0 Å². The molecule has 0 saturated heterocycles. The summed E-state index contributed by atoms with van der Waals surface area (Å²) < 4.78 is 0. The Morgan fingerprint density at radius 3 is 2.36 bits per heavy atom. The molecule has 14 heavy (non-hydrogen) atoms. The fourth-order valence-electron chi connectivity index (χ4n) is 1.67. The van der Waals surface area contributed by atoms with Crippen molar-refractivity contribution in [3.05, 3.63) is 0 Å². The van der Waals surface area contributed by atoms with E-state index in [2.05, 4.69) is 37.9 Å². The molecule has 1 N–H and O–H groups in total. The largest absolute Gasteiger partial charge is 0.315 e. The third-order valence-electron chi connectivity index (χ3n) is 2.69. The van der Waals surface area contributed by atoms with Crippen LogP contribution in [-0.2, 0) is 0 Å². The molecule has 0 fully saturated rings. The van der Waals surface area contributed by atoms with Crippen LogP contribution in [0.15, 0.2) is 0 Å². The maximum atomic E-state index is 3.48. The van der Waals surface area contributed by atoms with Crippen LogP contribution in [0.2, 0.25) is 0 Å². The zero-order valence-electron chi connectivity index (χ0n) is 10.5. The van der Waals surface area contributed by atoms with E-state index >= 15 is 0 Å². The first kappa shape index (κ1) is 13.9. The minimum atomic E-state index is 0.679. The van der Waals surface area contributed by atoms with E-state index in [9.17, 15) is 0 Å². The zero-order chi connectivity index (χ0) is 10.8. The van der Waals surface area contributed by atoms with Crippen LogP contribution in [-0.4, -0.2) is 37.1 Å². The maximum absolute atomic E-state index is 3.48. The summed E-state index contributed by atoms with van der Waals surface area (Å²) in [5, 5.41) is 3.48. The molecule has 86 valence electrons. The molecule has 0 heterocycles. The van der Waals surface area contributed by atoms with E-state index in [1.54, 1.807) is 0 Å². The molecule has 0 aromatic heterocycles. The minimum Gasteiger partial charge on any atom is -0.315 e. The van der Waals surface area contributed by atoms with E-state index in [1.807, 2.05) is 0 Å². The van der Waals surface area contributed by atoms with Gasteiger partial charge in [-0.3, -0.25) is 4.90 Å². The molecule has 0 aromatic rings. The van der Waals surface area contributed by atoms with Crippen LogP contribution >= 0.6 is 0 Å². The number of nitrogens with one attached hydrogen (secondary N) is 1. The average Bonchev–Trinajstić information content (AvgIpc) is 2.19. The van der Waals surface area contributed by atoms with Crippen LogP contribution in [0, 0.1) is 0 Å². The SMILES string of the molecule is CCCCN(CC)C(C)CNCCC. The zero-order valence-corrected chi connectivity index (χ0v) is 10.5. The van der Waals surface area contributed by atoms with Gasteiger partial charge < -0.3 is 5.32 Å². The highest BCUT2D eigenvalue weighted by Crippen LogP contribution is 2.00. The third-order valence-corrected chi connectivity index (χ3v) is 2.69.